The molecule has 2 heterocycles. The maximum atomic E-state index is 13.7. The summed E-state index contributed by atoms with van der Waals surface area (Å²) in [6.45, 7) is 5.19. The number of nitrogens with zero attached hydrogens (tertiary/aromatic N) is 1. The fourth-order valence-corrected chi connectivity index (χ4v) is 4.18. The van der Waals surface area contributed by atoms with Gasteiger partial charge in [0, 0.05) is 44.6 Å². The summed E-state index contributed by atoms with van der Waals surface area (Å²) < 4.78 is 29.8. The third kappa shape index (κ3) is 5.16. The van der Waals surface area contributed by atoms with Gasteiger partial charge in [0.15, 0.2) is 0 Å². The van der Waals surface area contributed by atoms with Crippen LogP contribution < -0.4 is 10.2 Å². The molecular formula is C20H31FN2O3. The first-order chi connectivity index (χ1) is 12.8. The molecule has 0 aliphatic carbocycles. The van der Waals surface area contributed by atoms with Crippen LogP contribution in [0.15, 0.2) is 24.3 Å². The monoisotopic (exact) mass is 366 g/mol. The van der Waals surface area contributed by atoms with Gasteiger partial charge in [-0.05, 0) is 43.4 Å². The molecule has 0 bridgehead atoms. The van der Waals surface area contributed by atoms with Crippen molar-refractivity contribution in [3.63, 3.8) is 0 Å². The van der Waals surface area contributed by atoms with Gasteiger partial charge in [-0.15, -0.1) is 0 Å². The molecule has 5 nitrogen and oxygen atoms in total. The van der Waals surface area contributed by atoms with E-state index in [1.165, 1.54) is 12.5 Å². The van der Waals surface area contributed by atoms with Crippen LogP contribution in [0.25, 0.3) is 0 Å². The molecule has 2 aliphatic heterocycles. The molecule has 0 aromatic heterocycles. The first-order valence-corrected chi connectivity index (χ1v) is 9.69. The second kappa shape index (κ2) is 10.2. The summed E-state index contributed by atoms with van der Waals surface area (Å²) in [4.78, 5) is 2.40. The van der Waals surface area contributed by atoms with E-state index in [1.54, 1.807) is 19.2 Å². The standard InChI is InChI=1S/C20H31FN2O3/c1-24-10-11-26-13-12-25-9-7-16-15-22-19-6-3-8-23(20(16)19)18-5-2-4-17(21)14-18/h2,4-5,14,16,19-20,22H,3,6-13,15H2,1H3. The lowest BCUT2D eigenvalue weighted by molar-refractivity contribution is 0.0217. The van der Waals surface area contributed by atoms with Gasteiger partial charge in [-0.25, -0.2) is 4.39 Å². The van der Waals surface area contributed by atoms with Crippen LogP contribution in [-0.2, 0) is 14.2 Å². The smallest absolute Gasteiger partial charge is 0.125 e. The lowest BCUT2D eigenvalue weighted by Crippen LogP contribution is -2.51. The topological polar surface area (TPSA) is 43.0 Å². The van der Waals surface area contributed by atoms with Gasteiger partial charge in [0.2, 0.25) is 0 Å². The van der Waals surface area contributed by atoms with Crippen LogP contribution >= 0.6 is 0 Å². The average molecular weight is 366 g/mol. The minimum absolute atomic E-state index is 0.163. The highest BCUT2D eigenvalue weighted by Gasteiger charge is 2.41. The van der Waals surface area contributed by atoms with Gasteiger partial charge >= 0.3 is 0 Å². The van der Waals surface area contributed by atoms with E-state index in [0.29, 0.717) is 44.4 Å². The van der Waals surface area contributed by atoms with Gasteiger partial charge in [0.05, 0.1) is 26.4 Å². The minimum atomic E-state index is -0.163. The van der Waals surface area contributed by atoms with Crippen molar-refractivity contribution in [2.24, 2.45) is 5.92 Å². The van der Waals surface area contributed by atoms with Crippen LogP contribution in [0.2, 0.25) is 0 Å². The molecule has 3 unspecified atom stereocenters. The number of ether oxygens (including phenoxy) is 3. The van der Waals surface area contributed by atoms with E-state index in [9.17, 15) is 4.39 Å². The highest BCUT2D eigenvalue weighted by atomic mass is 19.1. The lowest BCUT2D eigenvalue weighted by Gasteiger charge is -2.41. The average Bonchev–Trinajstić information content (AvgIpc) is 3.07. The Bertz CT molecular complexity index is 546. The van der Waals surface area contributed by atoms with E-state index in [-0.39, 0.29) is 5.82 Å². The number of hydrogen-bond donors (Lipinski definition) is 1. The number of piperidine rings is 1. The second-order valence-corrected chi connectivity index (χ2v) is 7.09. The van der Waals surface area contributed by atoms with Crippen LogP contribution in [0.1, 0.15) is 19.3 Å². The van der Waals surface area contributed by atoms with E-state index in [0.717, 1.165) is 38.2 Å². The maximum Gasteiger partial charge on any atom is 0.125 e. The van der Waals surface area contributed by atoms with Gasteiger partial charge in [0.1, 0.15) is 5.82 Å². The minimum Gasteiger partial charge on any atom is -0.382 e. The van der Waals surface area contributed by atoms with Crippen molar-refractivity contribution >= 4 is 5.69 Å². The molecule has 0 radical (unpaired) electrons. The van der Waals surface area contributed by atoms with Crippen molar-refractivity contribution < 1.29 is 18.6 Å². The van der Waals surface area contributed by atoms with Crippen LogP contribution in [-0.4, -0.2) is 65.3 Å². The van der Waals surface area contributed by atoms with Crippen LogP contribution in [0, 0.1) is 11.7 Å². The van der Waals surface area contributed by atoms with Crippen molar-refractivity contribution in [2.45, 2.75) is 31.3 Å². The number of nitrogens with one attached hydrogen (secondary N) is 1. The Kier molecular flexibility index (Phi) is 7.68. The van der Waals surface area contributed by atoms with E-state index in [1.807, 2.05) is 6.07 Å². The SMILES string of the molecule is COCCOCCOCCC1CNC2CCCN(c3cccc(F)c3)C12. The van der Waals surface area contributed by atoms with Gasteiger partial charge < -0.3 is 24.4 Å². The molecule has 2 fully saturated rings. The summed E-state index contributed by atoms with van der Waals surface area (Å²) in [5, 5.41) is 3.67. The molecule has 1 N–H and O–H groups in total. The van der Waals surface area contributed by atoms with Crippen molar-refractivity contribution in [3.05, 3.63) is 30.1 Å². The number of hydrogen-bond acceptors (Lipinski definition) is 5. The van der Waals surface area contributed by atoms with Crippen molar-refractivity contribution in [3.8, 4) is 0 Å². The summed E-state index contributed by atoms with van der Waals surface area (Å²) in [6.07, 6.45) is 3.35. The normalized spacial score (nSPS) is 25.5. The van der Waals surface area contributed by atoms with E-state index in [2.05, 4.69) is 10.2 Å². The van der Waals surface area contributed by atoms with E-state index < -0.39 is 0 Å². The Balaban J connectivity index is 1.47. The fraction of sp³-hybridized carbons (Fsp3) is 0.700. The molecule has 0 saturated carbocycles. The maximum absolute atomic E-state index is 13.7. The number of anilines is 1. The van der Waals surface area contributed by atoms with Crippen molar-refractivity contribution in [1.29, 1.82) is 0 Å². The summed E-state index contributed by atoms with van der Waals surface area (Å²) in [5.41, 5.74) is 1.00. The summed E-state index contributed by atoms with van der Waals surface area (Å²) >= 11 is 0. The first-order valence-electron chi connectivity index (χ1n) is 9.69. The quantitative estimate of drug-likeness (QED) is 0.645. The molecule has 2 saturated heterocycles. The van der Waals surface area contributed by atoms with Crippen LogP contribution in [0.5, 0.6) is 0 Å². The first kappa shape index (κ1) is 19.5. The predicted molar refractivity (Wildman–Crippen MR) is 100 cm³/mol. The lowest BCUT2D eigenvalue weighted by atomic mass is 9.88. The molecule has 0 amide bonds. The van der Waals surface area contributed by atoms with Gasteiger partial charge in [0.25, 0.3) is 0 Å². The molecule has 2 aliphatic rings. The highest BCUT2D eigenvalue weighted by Crippen LogP contribution is 2.34. The molecule has 3 rings (SSSR count). The molecule has 6 heteroatoms. The third-order valence-electron chi connectivity index (χ3n) is 5.39. The zero-order chi connectivity index (χ0) is 18.2. The number of rotatable bonds is 10. The largest absolute Gasteiger partial charge is 0.382 e. The molecular weight excluding hydrogens is 335 g/mol. The number of fused-ring (bicyclic) bond motifs is 1. The molecule has 1 aromatic carbocycles. The summed E-state index contributed by atoms with van der Waals surface area (Å²) in [7, 11) is 1.67. The number of methoxy groups -OCH3 is 1. The Labute approximate surface area is 155 Å². The Morgan fingerprint density at radius 1 is 1.15 bits per heavy atom. The van der Waals surface area contributed by atoms with Crippen LogP contribution in [0.3, 0.4) is 0 Å². The Morgan fingerprint density at radius 2 is 1.96 bits per heavy atom. The molecule has 26 heavy (non-hydrogen) atoms. The Hall–Kier alpha value is -1.21. The predicted octanol–water partition coefficient (Wildman–Crippen LogP) is 2.45. The Morgan fingerprint density at radius 3 is 2.77 bits per heavy atom. The summed E-state index contributed by atoms with van der Waals surface area (Å²) in [6, 6.07) is 7.91. The van der Waals surface area contributed by atoms with Crippen molar-refractivity contribution in [1.82, 2.24) is 5.32 Å². The van der Waals surface area contributed by atoms with Gasteiger partial charge in [-0.2, -0.15) is 0 Å². The van der Waals surface area contributed by atoms with E-state index in [4.69, 9.17) is 14.2 Å². The van der Waals surface area contributed by atoms with Crippen molar-refractivity contribution in [2.75, 3.05) is 58.1 Å². The summed E-state index contributed by atoms with van der Waals surface area (Å²) in [5.74, 6) is 0.363. The number of halogens is 1. The number of benzene rings is 1. The molecule has 0 spiro atoms. The second-order valence-electron chi connectivity index (χ2n) is 7.09. The van der Waals surface area contributed by atoms with Gasteiger partial charge in [-0.3, -0.25) is 0 Å². The highest BCUT2D eigenvalue weighted by molar-refractivity contribution is 5.49. The third-order valence-corrected chi connectivity index (χ3v) is 5.39. The molecule has 146 valence electrons. The zero-order valence-corrected chi connectivity index (χ0v) is 15.7. The zero-order valence-electron chi connectivity index (χ0n) is 15.7. The fourth-order valence-electron chi connectivity index (χ4n) is 4.18. The molecule has 1 aromatic rings. The van der Waals surface area contributed by atoms with Gasteiger partial charge in [-0.1, -0.05) is 6.07 Å². The molecule has 3 atom stereocenters. The van der Waals surface area contributed by atoms with E-state index >= 15 is 0 Å². The van der Waals surface area contributed by atoms with Crippen LogP contribution in [0.4, 0.5) is 10.1 Å².